The van der Waals surface area contributed by atoms with Gasteiger partial charge in [-0.25, -0.2) is 0 Å². The molecular formula is C18H20O. The number of benzene rings is 2. The Morgan fingerprint density at radius 3 is 2.53 bits per heavy atom. The van der Waals surface area contributed by atoms with Crippen molar-refractivity contribution in [3.8, 4) is 11.1 Å². The molecule has 1 aliphatic carbocycles. The van der Waals surface area contributed by atoms with Gasteiger partial charge in [-0.3, -0.25) is 0 Å². The van der Waals surface area contributed by atoms with Crippen LogP contribution >= 0.6 is 0 Å². The van der Waals surface area contributed by atoms with Crippen LogP contribution in [0.2, 0.25) is 0 Å². The fraction of sp³-hybridized carbons (Fsp3) is 0.333. The first kappa shape index (κ1) is 12.4. The molecule has 3 rings (SSSR count). The molecule has 0 amide bonds. The Morgan fingerprint density at radius 2 is 1.74 bits per heavy atom. The van der Waals surface area contributed by atoms with Crippen LogP contribution in [0.25, 0.3) is 11.1 Å². The van der Waals surface area contributed by atoms with E-state index in [-0.39, 0.29) is 6.10 Å². The van der Waals surface area contributed by atoms with Gasteiger partial charge in [0.2, 0.25) is 0 Å². The van der Waals surface area contributed by atoms with Gasteiger partial charge in [-0.05, 0) is 53.5 Å². The Morgan fingerprint density at radius 1 is 1.00 bits per heavy atom. The van der Waals surface area contributed by atoms with Gasteiger partial charge in [0.25, 0.3) is 0 Å². The van der Waals surface area contributed by atoms with Gasteiger partial charge in [0.05, 0.1) is 6.10 Å². The van der Waals surface area contributed by atoms with Gasteiger partial charge in [0.15, 0.2) is 0 Å². The van der Waals surface area contributed by atoms with Crippen LogP contribution in [0.1, 0.15) is 42.9 Å². The minimum atomic E-state index is -0.236. The monoisotopic (exact) mass is 252 g/mol. The third kappa shape index (κ3) is 2.31. The number of rotatable bonds is 3. The summed E-state index contributed by atoms with van der Waals surface area (Å²) in [5, 5.41) is 9.52. The third-order valence-corrected chi connectivity index (χ3v) is 4.08. The standard InChI is InChI=1S/C18H20O/c1-12(9-13(2)19)14-7-8-18-16(10-14)11-15-5-3-4-6-17(15)18/h3-8,10,12-13,19H,9,11H2,1-2H3. The van der Waals surface area contributed by atoms with Gasteiger partial charge in [0.1, 0.15) is 0 Å². The molecule has 0 radical (unpaired) electrons. The van der Waals surface area contributed by atoms with Crippen LogP contribution in [0.15, 0.2) is 42.5 Å². The maximum atomic E-state index is 9.52. The SMILES string of the molecule is CC(O)CC(C)c1ccc2c(c1)Cc1ccccc1-2. The van der Waals surface area contributed by atoms with Crippen LogP contribution in [0.3, 0.4) is 0 Å². The normalized spacial score (nSPS) is 15.7. The van der Waals surface area contributed by atoms with E-state index in [1.807, 2.05) is 6.92 Å². The van der Waals surface area contributed by atoms with Crippen LogP contribution in [0.5, 0.6) is 0 Å². The first-order valence-electron chi connectivity index (χ1n) is 7.04. The topological polar surface area (TPSA) is 20.2 Å². The van der Waals surface area contributed by atoms with Gasteiger partial charge in [-0.1, -0.05) is 49.4 Å². The lowest BCUT2D eigenvalue weighted by atomic mass is 9.92. The summed E-state index contributed by atoms with van der Waals surface area (Å²) in [4.78, 5) is 0. The van der Waals surface area contributed by atoms with Crippen LogP contribution in [-0.2, 0) is 6.42 Å². The van der Waals surface area contributed by atoms with Crippen molar-refractivity contribution < 1.29 is 5.11 Å². The van der Waals surface area contributed by atoms with Crippen LogP contribution in [0, 0.1) is 0 Å². The Bertz CT molecular complexity index is 598. The van der Waals surface area contributed by atoms with E-state index < -0.39 is 0 Å². The molecule has 2 unspecified atom stereocenters. The lowest BCUT2D eigenvalue weighted by Crippen LogP contribution is -2.06. The van der Waals surface area contributed by atoms with Crippen molar-refractivity contribution in [2.75, 3.05) is 0 Å². The summed E-state index contributed by atoms with van der Waals surface area (Å²) in [6, 6.07) is 15.4. The largest absolute Gasteiger partial charge is 0.393 e. The predicted octanol–water partition coefficient (Wildman–Crippen LogP) is 4.13. The van der Waals surface area contributed by atoms with E-state index in [4.69, 9.17) is 0 Å². The lowest BCUT2D eigenvalue weighted by molar-refractivity contribution is 0.176. The Kier molecular flexibility index (Phi) is 3.16. The maximum absolute atomic E-state index is 9.52. The predicted molar refractivity (Wildman–Crippen MR) is 79.4 cm³/mol. The van der Waals surface area contributed by atoms with Crippen LogP contribution < -0.4 is 0 Å². The maximum Gasteiger partial charge on any atom is 0.0517 e. The zero-order valence-corrected chi connectivity index (χ0v) is 11.6. The molecule has 2 aromatic carbocycles. The molecule has 0 aliphatic heterocycles. The van der Waals surface area contributed by atoms with Crippen molar-refractivity contribution in [2.24, 2.45) is 0 Å². The number of aliphatic hydroxyl groups is 1. The van der Waals surface area contributed by atoms with Gasteiger partial charge in [0, 0.05) is 0 Å². The second-order valence-corrected chi connectivity index (χ2v) is 5.74. The van der Waals surface area contributed by atoms with E-state index in [0.29, 0.717) is 5.92 Å². The quantitative estimate of drug-likeness (QED) is 0.743. The fourth-order valence-electron chi connectivity index (χ4n) is 3.12. The zero-order valence-electron chi connectivity index (χ0n) is 11.6. The van der Waals surface area contributed by atoms with Gasteiger partial charge in [-0.15, -0.1) is 0 Å². The summed E-state index contributed by atoms with van der Waals surface area (Å²) in [6.45, 7) is 4.05. The first-order valence-corrected chi connectivity index (χ1v) is 7.04. The highest BCUT2D eigenvalue weighted by Gasteiger charge is 2.19. The Labute approximate surface area is 114 Å². The molecule has 2 atom stereocenters. The van der Waals surface area contributed by atoms with Crippen LogP contribution in [-0.4, -0.2) is 11.2 Å². The zero-order chi connectivity index (χ0) is 13.4. The van der Waals surface area contributed by atoms with Crippen molar-refractivity contribution in [3.05, 3.63) is 59.2 Å². The fourth-order valence-corrected chi connectivity index (χ4v) is 3.12. The molecule has 2 aromatic rings. The van der Waals surface area contributed by atoms with Crippen LogP contribution in [0.4, 0.5) is 0 Å². The van der Waals surface area contributed by atoms with Gasteiger partial charge >= 0.3 is 0 Å². The van der Waals surface area contributed by atoms with Gasteiger partial charge < -0.3 is 5.11 Å². The summed E-state index contributed by atoms with van der Waals surface area (Å²) in [7, 11) is 0. The van der Waals surface area contributed by atoms with E-state index in [9.17, 15) is 5.11 Å². The average molecular weight is 252 g/mol. The average Bonchev–Trinajstić information content (AvgIpc) is 2.75. The third-order valence-electron chi connectivity index (χ3n) is 4.08. The molecule has 0 bridgehead atoms. The van der Waals surface area contributed by atoms with Crippen molar-refractivity contribution in [2.45, 2.75) is 38.7 Å². The summed E-state index contributed by atoms with van der Waals surface area (Å²) in [6.07, 6.45) is 1.63. The summed E-state index contributed by atoms with van der Waals surface area (Å²) in [5.74, 6) is 0.411. The highest BCUT2D eigenvalue weighted by molar-refractivity contribution is 5.76. The van der Waals surface area contributed by atoms with E-state index in [1.165, 1.54) is 27.8 Å². The Balaban J connectivity index is 1.93. The summed E-state index contributed by atoms with van der Waals surface area (Å²) < 4.78 is 0. The van der Waals surface area contributed by atoms with Crippen molar-refractivity contribution >= 4 is 0 Å². The van der Waals surface area contributed by atoms with E-state index in [0.717, 1.165) is 12.8 Å². The smallest absolute Gasteiger partial charge is 0.0517 e. The highest BCUT2D eigenvalue weighted by atomic mass is 16.3. The minimum absolute atomic E-state index is 0.236. The molecule has 0 fully saturated rings. The van der Waals surface area contributed by atoms with Crippen molar-refractivity contribution in [1.82, 2.24) is 0 Å². The molecule has 0 spiro atoms. The highest BCUT2D eigenvalue weighted by Crippen LogP contribution is 2.38. The van der Waals surface area contributed by atoms with Crippen molar-refractivity contribution in [3.63, 3.8) is 0 Å². The van der Waals surface area contributed by atoms with Gasteiger partial charge in [-0.2, -0.15) is 0 Å². The first-order chi connectivity index (χ1) is 9.15. The molecule has 1 aliphatic rings. The minimum Gasteiger partial charge on any atom is -0.393 e. The number of aliphatic hydroxyl groups excluding tert-OH is 1. The molecule has 0 aromatic heterocycles. The molecule has 98 valence electrons. The molecular weight excluding hydrogens is 232 g/mol. The molecule has 0 saturated heterocycles. The lowest BCUT2D eigenvalue weighted by Gasteiger charge is -2.15. The molecule has 0 saturated carbocycles. The molecule has 1 heteroatoms. The molecule has 0 heterocycles. The number of hydrogen-bond acceptors (Lipinski definition) is 1. The molecule has 19 heavy (non-hydrogen) atoms. The van der Waals surface area contributed by atoms with E-state index >= 15 is 0 Å². The second-order valence-electron chi connectivity index (χ2n) is 5.74. The summed E-state index contributed by atoms with van der Waals surface area (Å²) >= 11 is 0. The summed E-state index contributed by atoms with van der Waals surface area (Å²) in [5.41, 5.74) is 6.96. The van der Waals surface area contributed by atoms with E-state index in [1.54, 1.807) is 0 Å². The molecule has 1 nitrogen and oxygen atoms in total. The van der Waals surface area contributed by atoms with E-state index in [2.05, 4.69) is 49.4 Å². The Hall–Kier alpha value is -1.60. The van der Waals surface area contributed by atoms with Crippen molar-refractivity contribution in [1.29, 1.82) is 0 Å². The number of hydrogen-bond donors (Lipinski definition) is 1. The second kappa shape index (κ2) is 4.82. The number of fused-ring (bicyclic) bond motifs is 3. The molecule has 1 N–H and O–H groups in total.